The number of fused-ring (bicyclic) bond motifs is 15. The minimum Gasteiger partial charge on any atom is -0.310 e. The Bertz CT molecular complexity index is 3810. The van der Waals surface area contributed by atoms with E-state index in [9.17, 15) is 0 Å². The van der Waals surface area contributed by atoms with Crippen molar-refractivity contribution in [3.63, 3.8) is 0 Å². The average molecular weight is 912 g/mol. The topological polar surface area (TPSA) is 3.24 Å². The summed E-state index contributed by atoms with van der Waals surface area (Å²) < 4.78 is 0. The van der Waals surface area contributed by atoms with E-state index < -0.39 is 5.41 Å². The molecule has 342 valence electrons. The molecule has 0 saturated heterocycles. The lowest BCUT2D eigenvalue weighted by Crippen LogP contribution is -2.34. The summed E-state index contributed by atoms with van der Waals surface area (Å²) in [7, 11) is 0. The van der Waals surface area contributed by atoms with Crippen LogP contribution >= 0.6 is 0 Å². The monoisotopic (exact) mass is 911 g/mol. The summed E-state index contributed by atoms with van der Waals surface area (Å²) in [5.74, 6) is 0. The molecule has 0 saturated carbocycles. The van der Waals surface area contributed by atoms with Crippen LogP contribution in [0.1, 0.15) is 98.9 Å². The zero-order chi connectivity index (χ0) is 48.0. The van der Waals surface area contributed by atoms with Crippen molar-refractivity contribution in [2.75, 3.05) is 4.90 Å². The lowest BCUT2D eigenvalue weighted by molar-refractivity contribution is 0.333. The van der Waals surface area contributed by atoms with Crippen molar-refractivity contribution in [1.29, 1.82) is 0 Å². The van der Waals surface area contributed by atoms with Gasteiger partial charge >= 0.3 is 0 Å². The lowest BCUT2D eigenvalue weighted by Gasteiger charge is -2.43. The second-order valence-corrected chi connectivity index (χ2v) is 22.6. The van der Waals surface area contributed by atoms with Crippen molar-refractivity contribution in [3.05, 3.63) is 257 Å². The Morgan fingerprint density at radius 3 is 1.51 bits per heavy atom. The van der Waals surface area contributed by atoms with E-state index in [1.165, 1.54) is 117 Å². The molecule has 0 radical (unpaired) electrons. The highest BCUT2D eigenvalue weighted by atomic mass is 15.1. The van der Waals surface area contributed by atoms with E-state index in [1.807, 2.05) is 0 Å². The van der Waals surface area contributed by atoms with Gasteiger partial charge in [0.25, 0.3) is 0 Å². The molecule has 10 aromatic carbocycles. The van der Waals surface area contributed by atoms with Crippen LogP contribution in [-0.2, 0) is 21.7 Å². The van der Waals surface area contributed by atoms with Crippen LogP contribution in [0, 0.1) is 0 Å². The van der Waals surface area contributed by atoms with Gasteiger partial charge in [0.1, 0.15) is 0 Å². The van der Waals surface area contributed by atoms with Gasteiger partial charge in [-0.3, -0.25) is 0 Å². The first-order valence-corrected chi connectivity index (χ1v) is 25.7. The van der Waals surface area contributed by atoms with Gasteiger partial charge in [-0.1, -0.05) is 217 Å². The maximum Gasteiger partial charge on any atom is 0.0726 e. The lowest BCUT2D eigenvalue weighted by atomic mass is 9.61. The normalized spacial score (nSPS) is 16.4. The summed E-state index contributed by atoms with van der Waals surface area (Å²) in [4.78, 5) is 2.62. The number of benzene rings is 10. The van der Waals surface area contributed by atoms with Gasteiger partial charge in [-0.15, -0.1) is 0 Å². The van der Waals surface area contributed by atoms with E-state index >= 15 is 0 Å². The highest BCUT2D eigenvalue weighted by Crippen LogP contribution is 2.65. The van der Waals surface area contributed by atoms with Crippen LogP contribution in [0.25, 0.3) is 66.4 Å². The average Bonchev–Trinajstić information content (AvgIpc) is 3.96. The molecule has 0 atom stereocenters. The van der Waals surface area contributed by atoms with Crippen LogP contribution < -0.4 is 4.90 Å². The number of rotatable bonds is 5. The SMILES string of the molecule is CC1(C)CCC(C)(C)c2c(-c3cc4c(cc3N(c3ccc(-c5cccc6ccccc56)cc3)c3ccc5c(c3)C(C)(C)c3ccccc3-5)C3(c5ccccc5-c5ccccc53)c3ccccc3-4)cccc21. The molecule has 4 aliphatic carbocycles. The molecule has 0 amide bonds. The Morgan fingerprint density at radius 2 is 0.817 bits per heavy atom. The van der Waals surface area contributed by atoms with Gasteiger partial charge in [-0.05, 0) is 165 Å². The highest BCUT2D eigenvalue weighted by Gasteiger charge is 2.52. The molecule has 0 aliphatic heterocycles. The third-order valence-corrected chi connectivity index (χ3v) is 17.5. The van der Waals surface area contributed by atoms with Crippen LogP contribution in [0.15, 0.2) is 212 Å². The van der Waals surface area contributed by atoms with Crippen LogP contribution in [0.3, 0.4) is 0 Å². The van der Waals surface area contributed by atoms with E-state index in [-0.39, 0.29) is 16.2 Å². The number of anilines is 3. The van der Waals surface area contributed by atoms with E-state index in [0.717, 1.165) is 24.2 Å². The Morgan fingerprint density at radius 1 is 0.324 bits per heavy atom. The van der Waals surface area contributed by atoms with Crippen molar-refractivity contribution in [2.45, 2.75) is 76.0 Å². The summed E-state index contributed by atoms with van der Waals surface area (Å²) in [6, 6.07) is 81.3. The van der Waals surface area contributed by atoms with E-state index in [4.69, 9.17) is 0 Å². The third kappa shape index (κ3) is 5.81. The molecule has 0 unspecified atom stereocenters. The molecule has 0 N–H and O–H groups in total. The van der Waals surface area contributed by atoms with Crippen molar-refractivity contribution in [3.8, 4) is 55.6 Å². The zero-order valence-corrected chi connectivity index (χ0v) is 41.6. The fourth-order valence-corrected chi connectivity index (χ4v) is 14.0. The number of hydrogen-bond acceptors (Lipinski definition) is 1. The van der Waals surface area contributed by atoms with Gasteiger partial charge < -0.3 is 4.90 Å². The largest absolute Gasteiger partial charge is 0.310 e. The second kappa shape index (κ2) is 14.9. The molecule has 4 aliphatic rings. The molecule has 0 aromatic heterocycles. The molecular formula is C70H57N. The molecule has 0 heterocycles. The minimum absolute atomic E-state index is 0.0332. The quantitative estimate of drug-likeness (QED) is 0.166. The van der Waals surface area contributed by atoms with Crippen LogP contribution in [0.5, 0.6) is 0 Å². The Hall–Kier alpha value is -7.74. The van der Waals surface area contributed by atoms with Crippen molar-refractivity contribution < 1.29 is 0 Å². The summed E-state index contributed by atoms with van der Waals surface area (Å²) in [6.45, 7) is 14.7. The van der Waals surface area contributed by atoms with Gasteiger partial charge in [0.15, 0.2) is 0 Å². The predicted molar refractivity (Wildman–Crippen MR) is 299 cm³/mol. The summed E-state index contributed by atoms with van der Waals surface area (Å²) in [5, 5.41) is 2.52. The van der Waals surface area contributed by atoms with E-state index in [1.54, 1.807) is 0 Å². The van der Waals surface area contributed by atoms with Gasteiger partial charge in [0.05, 0.1) is 11.1 Å². The molecule has 71 heavy (non-hydrogen) atoms. The van der Waals surface area contributed by atoms with Crippen molar-refractivity contribution >= 4 is 27.8 Å². The Kier molecular flexibility index (Phi) is 8.84. The Balaban J connectivity index is 1.10. The fraction of sp³-hybridized carbons (Fsp3) is 0.171. The molecule has 0 bridgehead atoms. The fourth-order valence-electron chi connectivity index (χ4n) is 14.0. The summed E-state index contributed by atoms with van der Waals surface area (Å²) in [5.41, 5.74) is 26.9. The van der Waals surface area contributed by atoms with Crippen molar-refractivity contribution in [1.82, 2.24) is 0 Å². The number of hydrogen-bond donors (Lipinski definition) is 0. The smallest absolute Gasteiger partial charge is 0.0726 e. The Labute approximate surface area is 419 Å². The van der Waals surface area contributed by atoms with Crippen LogP contribution in [0.4, 0.5) is 17.1 Å². The van der Waals surface area contributed by atoms with Crippen LogP contribution in [0.2, 0.25) is 0 Å². The van der Waals surface area contributed by atoms with Gasteiger partial charge in [-0.25, -0.2) is 0 Å². The van der Waals surface area contributed by atoms with Crippen LogP contribution in [-0.4, -0.2) is 0 Å². The maximum absolute atomic E-state index is 2.63. The maximum atomic E-state index is 2.63. The highest BCUT2D eigenvalue weighted by molar-refractivity contribution is 6.02. The molecule has 1 spiro atoms. The standard InChI is InChI=1S/C70H57N/c1-67(2)39-40-68(3,4)66-55(27-18-32-62(66)67)57-42-56-53-25-12-16-31-61(53)70(59-29-14-10-23-51(59)52-24-11-15-30-60(52)70)64(56)43-65(57)71(47-37-38-54-50-22-9-13-28-58(50)69(5,6)63(54)41-47)46-35-33-45(34-36-46)49-26-17-20-44-19-7-8-21-48(44)49/h7-38,41-43H,39-40H2,1-6H3. The van der Waals surface area contributed by atoms with Gasteiger partial charge in [0.2, 0.25) is 0 Å². The molecular weight excluding hydrogens is 855 g/mol. The molecule has 1 nitrogen and oxygen atoms in total. The zero-order valence-electron chi connectivity index (χ0n) is 41.6. The summed E-state index contributed by atoms with van der Waals surface area (Å²) >= 11 is 0. The molecule has 0 fully saturated rings. The van der Waals surface area contributed by atoms with Crippen molar-refractivity contribution in [2.24, 2.45) is 0 Å². The first-order chi connectivity index (χ1) is 34.5. The van der Waals surface area contributed by atoms with Gasteiger partial charge in [0, 0.05) is 22.4 Å². The first-order valence-electron chi connectivity index (χ1n) is 25.7. The number of nitrogens with zero attached hydrogens (tertiary/aromatic N) is 1. The van der Waals surface area contributed by atoms with E-state index in [2.05, 4.69) is 259 Å². The summed E-state index contributed by atoms with van der Waals surface area (Å²) in [6.07, 6.45) is 2.29. The van der Waals surface area contributed by atoms with E-state index in [0.29, 0.717) is 0 Å². The minimum atomic E-state index is -0.505. The first kappa shape index (κ1) is 42.2. The van der Waals surface area contributed by atoms with Gasteiger partial charge in [-0.2, -0.15) is 0 Å². The molecule has 1 heteroatoms. The third-order valence-electron chi connectivity index (χ3n) is 17.5. The molecule has 10 aromatic rings. The second-order valence-electron chi connectivity index (χ2n) is 22.6. The molecule has 14 rings (SSSR count). The predicted octanol–water partition coefficient (Wildman–Crippen LogP) is 18.6.